The van der Waals surface area contributed by atoms with Gasteiger partial charge in [-0.15, -0.1) is 0 Å². The van der Waals surface area contributed by atoms with Crippen LogP contribution in [0.3, 0.4) is 0 Å². The fraction of sp³-hybridized carbons (Fsp3) is 0.200. The summed E-state index contributed by atoms with van der Waals surface area (Å²) in [5, 5.41) is 0.872. The molecule has 3 rings (SSSR count). The topological polar surface area (TPSA) is 105 Å². The van der Waals surface area contributed by atoms with Crippen molar-refractivity contribution in [3.63, 3.8) is 0 Å². The molecule has 0 saturated carbocycles. The second-order valence-corrected chi connectivity index (χ2v) is 7.32. The number of ether oxygens (including phenoxy) is 1. The molecule has 156 valence electrons. The minimum atomic E-state index is -0.724. The summed E-state index contributed by atoms with van der Waals surface area (Å²) in [5.41, 5.74) is 5.16. The van der Waals surface area contributed by atoms with Crippen LogP contribution in [0.4, 0.5) is 5.69 Å². The predicted molar refractivity (Wildman–Crippen MR) is 110 cm³/mol. The first-order valence-electron chi connectivity index (χ1n) is 8.91. The molecule has 2 N–H and O–H groups in total. The number of carbonyl (C=O) groups is 4. The number of amides is 3. The maximum absolute atomic E-state index is 12.2. The fourth-order valence-electron chi connectivity index (χ4n) is 2.86. The van der Waals surface area contributed by atoms with Gasteiger partial charge in [0, 0.05) is 23.6 Å². The molecule has 30 heavy (non-hydrogen) atoms. The maximum atomic E-state index is 12.2. The molecule has 0 unspecified atom stereocenters. The van der Waals surface area contributed by atoms with E-state index < -0.39 is 30.3 Å². The van der Waals surface area contributed by atoms with E-state index >= 15 is 0 Å². The third-order valence-electron chi connectivity index (χ3n) is 4.37. The summed E-state index contributed by atoms with van der Waals surface area (Å²) in [6.45, 7) is -0.493. The molecular formula is C20H17Cl2N3O5. The monoisotopic (exact) mass is 449 g/mol. The van der Waals surface area contributed by atoms with E-state index in [-0.39, 0.29) is 18.9 Å². The molecule has 1 fully saturated rings. The third kappa shape index (κ3) is 5.28. The second-order valence-electron chi connectivity index (χ2n) is 6.47. The number of nitrogens with one attached hydrogen (secondary N) is 2. The maximum Gasteiger partial charge on any atom is 0.311 e. The van der Waals surface area contributed by atoms with Crippen LogP contribution < -0.4 is 15.8 Å². The zero-order valence-electron chi connectivity index (χ0n) is 15.6. The standard InChI is InChI=1S/C20H17Cl2N3O5/c21-14-7-5-12(6-8-14)19(28)24-23-17(26)11-30-20(29)13-9-18(27)25(10-13)16-4-2-1-3-15(16)22/h1-8,13H,9-11H2,(H,23,26)(H,24,28)/t13-/m0/s1. The van der Waals surface area contributed by atoms with Crippen LogP contribution in [0.25, 0.3) is 0 Å². The van der Waals surface area contributed by atoms with Crippen molar-refractivity contribution < 1.29 is 23.9 Å². The van der Waals surface area contributed by atoms with Crippen molar-refractivity contribution in [3.05, 3.63) is 64.1 Å². The van der Waals surface area contributed by atoms with E-state index in [2.05, 4.69) is 10.9 Å². The average molecular weight is 450 g/mol. The predicted octanol–water partition coefficient (Wildman–Crippen LogP) is 2.35. The van der Waals surface area contributed by atoms with E-state index in [1.165, 1.54) is 29.2 Å². The van der Waals surface area contributed by atoms with Crippen molar-refractivity contribution in [3.8, 4) is 0 Å². The van der Waals surface area contributed by atoms with Crippen LogP contribution in [-0.4, -0.2) is 36.8 Å². The molecule has 1 heterocycles. The Hall–Kier alpha value is -3.10. The molecule has 10 heteroatoms. The van der Waals surface area contributed by atoms with Crippen LogP contribution >= 0.6 is 23.2 Å². The van der Waals surface area contributed by atoms with Gasteiger partial charge in [0.25, 0.3) is 11.8 Å². The Morgan fingerprint density at radius 3 is 2.43 bits per heavy atom. The highest BCUT2D eigenvalue weighted by molar-refractivity contribution is 6.34. The molecule has 1 aliphatic rings. The zero-order chi connectivity index (χ0) is 21.7. The van der Waals surface area contributed by atoms with Gasteiger partial charge in [0.1, 0.15) is 0 Å². The first-order chi connectivity index (χ1) is 14.3. The number of esters is 1. The quantitative estimate of drug-likeness (QED) is 0.538. The molecule has 2 aromatic carbocycles. The van der Waals surface area contributed by atoms with Gasteiger partial charge >= 0.3 is 5.97 Å². The van der Waals surface area contributed by atoms with Gasteiger partial charge in [0.15, 0.2) is 6.61 Å². The number of hydrazine groups is 1. The Balaban J connectivity index is 1.45. The summed E-state index contributed by atoms with van der Waals surface area (Å²) < 4.78 is 4.97. The molecule has 1 saturated heterocycles. The van der Waals surface area contributed by atoms with E-state index in [0.29, 0.717) is 21.3 Å². The van der Waals surface area contributed by atoms with E-state index in [4.69, 9.17) is 27.9 Å². The van der Waals surface area contributed by atoms with Crippen LogP contribution in [0.2, 0.25) is 10.0 Å². The normalized spacial score (nSPS) is 15.6. The lowest BCUT2D eigenvalue weighted by molar-refractivity contribution is -0.152. The fourth-order valence-corrected chi connectivity index (χ4v) is 3.22. The van der Waals surface area contributed by atoms with Gasteiger partial charge in [-0.3, -0.25) is 30.0 Å². The summed E-state index contributed by atoms with van der Waals surface area (Å²) in [5.74, 6) is -2.94. The molecule has 0 spiro atoms. The van der Waals surface area contributed by atoms with Gasteiger partial charge in [0.2, 0.25) is 5.91 Å². The van der Waals surface area contributed by atoms with E-state index in [1.54, 1.807) is 24.3 Å². The van der Waals surface area contributed by atoms with Crippen molar-refractivity contribution in [1.29, 1.82) is 0 Å². The summed E-state index contributed by atoms with van der Waals surface area (Å²) in [7, 11) is 0. The Bertz CT molecular complexity index is 981. The number of anilines is 1. The first kappa shape index (κ1) is 21.6. The second kappa shape index (κ2) is 9.60. The van der Waals surface area contributed by atoms with Gasteiger partial charge in [-0.05, 0) is 36.4 Å². The van der Waals surface area contributed by atoms with Crippen molar-refractivity contribution in [2.45, 2.75) is 6.42 Å². The molecule has 0 aliphatic carbocycles. The van der Waals surface area contributed by atoms with Gasteiger partial charge in [-0.1, -0.05) is 35.3 Å². The summed E-state index contributed by atoms with van der Waals surface area (Å²) in [6, 6.07) is 12.9. The molecule has 0 bridgehead atoms. The number of carbonyl (C=O) groups excluding carboxylic acids is 4. The smallest absolute Gasteiger partial charge is 0.311 e. The number of hydrogen-bond acceptors (Lipinski definition) is 5. The highest BCUT2D eigenvalue weighted by Crippen LogP contribution is 2.31. The Kier molecular flexibility index (Phi) is 6.91. The molecule has 0 aromatic heterocycles. The van der Waals surface area contributed by atoms with Crippen LogP contribution in [0.1, 0.15) is 16.8 Å². The minimum absolute atomic E-state index is 0.0427. The van der Waals surface area contributed by atoms with Gasteiger partial charge < -0.3 is 9.64 Å². The Morgan fingerprint density at radius 1 is 1.03 bits per heavy atom. The Labute approximate surface area is 182 Å². The van der Waals surface area contributed by atoms with Gasteiger partial charge in [0.05, 0.1) is 16.6 Å². The number of nitrogens with zero attached hydrogens (tertiary/aromatic N) is 1. The molecular weight excluding hydrogens is 433 g/mol. The lowest BCUT2D eigenvalue weighted by atomic mass is 10.1. The van der Waals surface area contributed by atoms with Crippen LogP contribution in [0, 0.1) is 5.92 Å². The molecule has 2 aromatic rings. The van der Waals surface area contributed by atoms with Crippen LogP contribution in [-0.2, 0) is 19.1 Å². The van der Waals surface area contributed by atoms with Crippen molar-refractivity contribution in [1.82, 2.24) is 10.9 Å². The lowest BCUT2D eigenvalue weighted by Gasteiger charge is -2.17. The molecule has 0 radical (unpaired) electrons. The van der Waals surface area contributed by atoms with Gasteiger partial charge in [-0.25, -0.2) is 0 Å². The zero-order valence-corrected chi connectivity index (χ0v) is 17.1. The van der Waals surface area contributed by atoms with Crippen LogP contribution in [0.15, 0.2) is 48.5 Å². The minimum Gasteiger partial charge on any atom is -0.455 e. The lowest BCUT2D eigenvalue weighted by Crippen LogP contribution is -2.43. The number of para-hydroxylation sites is 1. The molecule has 1 atom stereocenters. The van der Waals surface area contributed by atoms with Gasteiger partial charge in [-0.2, -0.15) is 0 Å². The summed E-state index contributed by atoms with van der Waals surface area (Å²) in [4.78, 5) is 49.6. The molecule has 3 amide bonds. The number of benzene rings is 2. The largest absolute Gasteiger partial charge is 0.455 e. The third-order valence-corrected chi connectivity index (χ3v) is 4.94. The van der Waals surface area contributed by atoms with E-state index in [1.807, 2.05) is 0 Å². The van der Waals surface area contributed by atoms with Crippen molar-refractivity contribution >= 4 is 52.6 Å². The molecule has 8 nitrogen and oxygen atoms in total. The van der Waals surface area contributed by atoms with E-state index in [9.17, 15) is 19.2 Å². The molecule has 1 aliphatic heterocycles. The first-order valence-corrected chi connectivity index (χ1v) is 9.67. The van der Waals surface area contributed by atoms with Crippen LogP contribution in [0.5, 0.6) is 0 Å². The number of rotatable bonds is 5. The average Bonchev–Trinajstić information content (AvgIpc) is 3.12. The SMILES string of the molecule is O=C(COC(=O)[C@H]1CC(=O)N(c2ccccc2Cl)C1)NNC(=O)c1ccc(Cl)cc1. The highest BCUT2D eigenvalue weighted by atomic mass is 35.5. The Morgan fingerprint density at radius 2 is 1.73 bits per heavy atom. The van der Waals surface area contributed by atoms with Crippen molar-refractivity contribution in [2.24, 2.45) is 5.92 Å². The highest BCUT2D eigenvalue weighted by Gasteiger charge is 2.37. The number of hydrogen-bond donors (Lipinski definition) is 2. The van der Waals surface area contributed by atoms with E-state index in [0.717, 1.165) is 0 Å². The summed E-state index contributed by atoms with van der Waals surface area (Å²) in [6.07, 6.45) is -0.0427. The van der Waals surface area contributed by atoms with Crippen molar-refractivity contribution in [2.75, 3.05) is 18.1 Å². The number of halogens is 2. The summed E-state index contributed by atoms with van der Waals surface area (Å²) >= 11 is 11.9.